The fourth-order valence-electron chi connectivity index (χ4n) is 2.45. The number of aliphatic hydroxyl groups is 1. The molecule has 1 N–H and O–H groups in total. The van der Waals surface area contributed by atoms with Crippen LogP contribution in [-0.4, -0.2) is 18.3 Å². The fourth-order valence-corrected chi connectivity index (χ4v) is 2.45. The van der Waals surface area contributed by atoms with E-state index in [2.05, 4.69) is 4.90 Å². The number of halogens is 1. The molecular weight excluding hydrogens is 257 g/mol. The molecule has 20 heavy (non-hydrogen) atoms. The quantitative estimate of drug-likeness (QED) is 0.913. The highest BCUT2D eigenvalue weighted by molar-refractivity contribution is 5.51. The molecule has 0 saturated heterocycles. The van der Waals surface area contributed by atoms with Crippen LogP contribution in [0.25, 0.3) is 0 Å². The number of hydrogen-bond donors (Lipinski definition) is 1. The van der Waals surface area contributed by atoms with Crippen LogP contribution >= 0.6 is 0 Å². The van der Waals surface area contributed by atoms with Gasteiger partial charge in [0.1, 0.15) is 18.2 Å². The lowest BCUT2D eigenvalue weighted by Gasteiger charge is -2.22. The summed E-state index contributed by atoms with van der Waals surface area (Å²) in [5.74, 6) is 0.554. The summed E-state index contributed by atoms with van der Waals surface area (Å²) < 4.78 is 19.3. The molecule has 0 spiro atoms. The van der Waals surface area contributed by atoms with E-state index in [1.165, 1.54) is 12.1 Å². The lowest BCUT2D eigenvalue weighted by atomic mass is 10.1. The van der Waals surface area contributed by atoms with Crippen molar-refractivity contribution in [3.63, 3.8) is 0 Å². The largest absolute Gasteiger partial charge is 0.491 e. The van der Waals surface area contributed by atoms with Crippen molar-refractivity contribution in [1.29, 1.82) is 0 Å². The monoisotopic (exact) mass is 273 g/mol. The average Bonchev–Trinajstić information content (AvgIpc) is 2.68. The van der Waals surface area contributed by atoms with Gasteiger partial charge >= 0.3 is 0 Å². The Balaban J connectivity index is 1.93. The van der Waals surface area contributed by atoms with E-state index in [9.17, 15) is 9.50 Å². The normalized spacial score (nSPS) is 14.4. The van der Waals surface area contributed by atoms with Gasteiger partial charge in [-0.3, -0.25) is 0 Å². The van der Waals surface area contributed by atoms with Crippen LogP contribution in [0.15, 0.2) is 42.5 Å². The molecule has 1 heterocycles. The Labute approximate surface area is 117 Å². The van der Waals surface area contributed by atoms with Crippen molar-refractivity contribution in [3.8, 4) is 5.75 Å². The molecule has 4 heteroatoms. The van der Waals surface area contributed by atoms with Gasteiger partial charge in [-0.1, -0.05) is 18.2 Å². The Bertz CT molecular complexity index is 615. The number of hydrogen-bond acceptors (Lipinski definition) is 3. The van der Waals surface area contributed by atoms with Gasteiger partial charge in [-0.25, -0.2) is 4.39 Å². The van der Waals surface area contributed by atoms with Gasteiger partial charge in [0.15, 0.2) is 0 Å². The zero-order valence-electron chi connectivity index (χ0n) is 11.1. The zero-order valence-corrected chi connectivity index (χ0v) is 11.1. The summed E-state index contributed by atoms with van der Waals surface area (Å²) >= 11 is 0. The summed E-state index contributed by atoms with van der Waals surface area (Å²) in [5, 5.41) is 9.19. The minimum absolute atomic E-state index is 0.161. The van der Waals surface area contributed by atoms with Crippen LogP contribution in [0.3, 0.4) is 0 Å². The Morgan fingerprint density at radius 2 is 2.05 bits per heavy atom. The maximum absolute atomic E-state index is 13.6. The SMILES string of the molecule is OCc1cc(F)cc(N2CCOc3ccccc3C2)c1. The summed E-state index contributed by atoms with van der Waals surface area (Å²) in [4.78, 5) is 2.06. The van der Waals surface area contributed by atoms with Gasteiger partial charge in [-0.15, -0.1) is 0 Å². The molecule has 0 aliphatic carbocycles. The van der Waals surface area contributed by atoms with Crippen molar-refractivity contribution in [3.05, 3.63) is 59.4 Å². The van der Waals surface area contributed by atoms with Crippen LogP contribution in [0.4, 0.5) is 10.1 Å². The second-order valence-corrected chi connectivity index (χ2v) is 4.85. The molecule has 3 rings (SSSR count). The Kier molecular flexibility index (Phi) is 3.56. The molecule has 0 radical (unpaired) electrons. The molecule has 3 nitrogen and oxygen atoms in total. The number of anilines is 1. The predicted octanol–water partition coefficient (Wildman–Crippen LogP) is 2.72. The molecule has 1 aliphatic rings. The highest BCUT2D eigenvalue weighted by Gasteiger charge is 2.16. The van der Waals surface area contributed by atoms with Gasteiger partial charge in [-0.05, 0) is 29.8 Å². The zero-order chi connectivity index (χ0) is 13.9. The van der Waals surface area contributed by atoms with E-state index < -0.39 is 0 Å². The smallest absolute Gasteiger partial charge is 0.125 e. The van der Waals surface area contributed by atoms with E-state index in [1.807, 2.05) is 30.3 Å². The van der Waals surface area contributed by atoms with Gasteiger partial charge in [0.25, 0.3) is 0 Å². The first-order chi connectivity index (χ1) is 9.76. The van der Waals surface area contributed by atoms with Crippen molar-refractivity contribution in [2.24, 2.45) is 0 Å². The molecule has 0 bridgehead atoms. The first-order valence-corrected chi connectivity index (χ1v) is 6.62. The lowest BCUT2D eigenvalue weighted by Crippen LogP contribution is -2.25. The third-order valence-corrected chi connectivity index (χ3v) is 3.44. The van der Waals surface area contributed by atoms with Gasteiger partial charge in [0.2, 0.25) is 0 Å². The van der Waals surface area contributed by atoms with Crippen LogP contribution in [0, 0.1) is 5.82 Å². The summed E-state index contributed by atoms with van der Waals surface area (Å²) in [7, 11) is 0. The third kappa shape index (κ3) is 2.60. The first-order valence-electron chi connectivity index (χ1n) is 6.62. The van der Waals surface area contributed by atoms with Crippen LogP contribution in [0.2, 0.25) is 0 Å². The summed E-state index contributed by atoms with van der Waals surface area (Å²) in [6.07, 6.45) is 0. The molecule has 0 fully saturated rings. The third-order valence-electron chi connectivity index (χ3n) is 3.44. The molecule has 104 valence electrons. The minimum atomic E-state index is -0.329. The van der Waals surface area contributed by atoms with Gasteiger partial charge in [-0.2, -0.15) is 0 Å². The average molecular weight is 273 g/mol. The second kappa shape index (κ2) is 5.51. The van der Waals surface area contributed by atoms with E-state index >= 15 is 0 Å². The van der Waals surface area contributed by atoms with Crippen molar-refractivity contribution in [2.45, 2.75) is 13.2 Å². The molecule has 2 aromatic rings. The molecule has 0 aromatic heterocycles. The Morgan fingerprint density at radius 1 is 1.20 bits per heavy atom. The van der Waals surface area contributed by atoms with E-state index in [0.29, 0.717) is 25.3 Å². The summed E-state index contributed by atoms with van der Waals surface area (Å²) in [6.45, 7) is 1.75. The molecule has 0 saturated carbocycles. The number of fused-ring (bicyclic) bond motifs is 1. The topological polar surface area (TPSA) is 32.7 Å². The van der Waals surface area contributed by atoms with Crippen LogP contribution in [0.5, 0.6) is 5.75 Å². The number of ether oxygens (including phenoxy) is 1. The van der Waals surface area contributed by atoms with E-state index in [0.717, 1.165) is 17.0 Å². The highest BCUT2D eigenvalue weighted by atomic mass is 19.1. The van der Waals surface area contributed by atoms with Crippen LogP contribution < -0.4 is 9.64 Å². The van der Waals surface area contributed by atoms with Gasteiger partial charge in [0, 0.05) is 17.8 Å². The van der Waals surface area contributed by atoms with Gasteiger partial charge in [0.05, 0.1) is 13.2 Å². The Morgan fingerprint density at radius 3 is 2.90 bits per heavy atom. The minimum Gasteiger partial charge on any atom is -0.491 e. The molecule has 0 unspecified atom stereocenters. The van der Waals surface area contributed by atoms with Crippen molar-refractivity contribution >= 4 is 5.69 Å². The summed E-state index contributed by atoms with van der Waals surface area (Å²) in [5.41, 5.74) is 2.44. The molecule has 0 amide bonds. The number of nitrogens with zero attached hydrogens (tertiary/aromatic N) is 1. The molecule has 0 atom stereocenters. The summed E-state index contributed by atoms with van der Waals surface area (Å²) in [6, 6.07) is 12.5. The van der Waals surface area contributed by atoms with E-state index in [1.54, 1.807) is 0 Å². The molecule has 1 aliphatic heterocycles. The van der Waals surface area contributed by atoms with Gasteiger partial charge < -0.3 is 14.7 Å². The standard InChI is InChI=1S/C16H16FNO2/c17-14-7-12(11-19)8-15(9-14)18-5-6-20-16-4-2-1-3-13(16)10-18/h1-4,7-9,19H,5-6,10-11H2. The lowest BCUT2D eigenvalue weighted by molar-refractivity contribution is 0.281. The van der Waals surface area contributed by atoms with Crippen molar-refractivity contribution < 1.29 is 14.2 Å². The number of aliphatic hydroxyl groups excluding tert-OH is 1. The fraction of sp³-hybridized carbons (Fsp3) is 0.250. The number of benzene rings is 2. The van der Waals surface area contributed by atoms with Crippen LogP contribution in [0.1, 0.15) is 11.1 Å². The molecule has 2 aromatic carbocycles. The highest BCUT2D eigenvalue weighted by Crippen LogP contribution is 2.27. The van der Waals surface area contributed by atoms with E-state index in [4.69, 9.17) is 4.74 Å². The number of para-hydroxylation sites is 1. The predicted molar refractivity (Wildman–Crippen MR) is 75.3 cm³/mol. The number of rotatable bonds is 2. The molecular formula is C16H16FNO2. The second-order valence-electron chi connectivity index (χ2n) is 4.85. The Hall–Kier alpha value is -2.07. The van der Waals surface area contributed by atoms with E-state index in [-0.39, 0.29) is 12.4 Å². The van der Waals surface area contributed by atoms with Crippen molar-refractivity contribution in [1.82, 2.24) is 0 Å². The maximum atomic E-state index is 13.6. The first kappa shape index (κ1) is 12.9. The van der Waals surface area contributed by atoms with Crippen LogP contribution in [-0.2, 0) is 13.2 Å². The maximum Gasteiger partial charge on any atom is 0.125 e. The van der Waals surface area contributed by atoms with Crippen molar-refractivity contribution in [2.75, 3.05) is 18.1 Å².